The third kappa shape index (κ3) is 5.49. The molecule has 1 aromatic heterocycles. The molecule has 0 aliphatic rings. The monoisotopic (exact) mass is 499 g/mol. The number of thiophene rings is 1. The zero-order valence-electron chi connectivity index (χ0n) is 20.2. The van der Waals surface area contributed by atoms with Crippen LogP contribution in [0.4, 0.5) is 0 Å². The second-order valence-corrected chi connectivity index (χ2v) is 8.45. The summed E-state index contributed by atoms with van der Waals surface area (Å²) in [6.45, 7) is 0. The topological polar surface area (TPSA) is 74.2 Å². The van der Waals surface area contributed by atoms with Gasteiger partial charge in [0.1, 0.15) is 11.5 Å². The fraction of sp³-hybridized carbons (Fsp3) is 0.148. The molecule has 0 bridgehead atoms. The summed E-state index contributed by atoms with van der Waals surface area (Å²) in [6, 6.07) is 17.0. The van der Waals surface area contributed by atoms with E-state index in [1.54, 1.807) is 31.6 Å². The summed E-state index contributed by atoms with van der Waals surface area (Å²) < 4.78 is 22.7. The number of fused-ring (bicyclic) bond motifs is 1. The van der Waals surface area contributed by atoms with Crippen LogP contribution in [0, 0.1) is 0 Å². The number of hydrogen-bond donors (Lipinski definition) is 1. The molecule has 0 radical (unpaired) electrons. The van der Waals surface area contributed by atoms with Gasteiger partial charge >= 0.3 is 29.6 Å². The van der Waals surface area contributed by atoms with E-state index in [2.05, 4.69) is 18.2 Å². The zero-order valence-corrected chi connectivity index (χ0v) is 23.1. The van der Waals surface area contributed by atoms with E-state index in [0.29, 0.717) is 17.1 Å². The van der Waals surface area contributed by atoms with E-state index < -0.39 is 0 Å². The Bertz CT molecular complexity index is 1330. The van der Waals surface area contributed by atoms with Crippen LogP contribution in [-0.2, 0) is 0 Å². The van der Waals surface area contributed by atoms with Gasteiger partial charge in [-0.25, -0.2) is 0 Å². The normalized spacial score (nSPS) is 10.7. The summed E-state index contributed by atoms with van der Waals surface area (Å²) in [5.41, 5.74) is 1.95. The second kappa shape index (κ2) is 11.6. The molecule has 4 aromatic rings. The van der Waals surface area contributed by atoms with Crippen molar-refractivity contribution in [2.75, 3.05) is 28.4 Å². The zero-order chi connectivity index (χ0) is 24.2. The fourth-order valence-electron chi connectivity index (χ4n) is 3.66. The molecular weight excluding hydrogens is 475 g/mol. The van der Waals surface area contributed by atoms with Crippen molar-refractivity contribution in [1.29, 1.82) is 0 Å². The molecule has 0 atom stereocenters. The summed E-state index contributed by atoms with van der Waals surface area (Å²) in [5, 5.41) is 11.3. The second-order valence-electron chi connectivity index (χ2n) is 7.37. The van der Waals surface area contributed by atoms with Crippen molar-refractivity contribution >= 4 is 33.3 Å². The number of ketones is 1. The van der Waals surface area contributed by atoms with Crippen LogP contribution >= 0.6 is 11.3 Å². The molecular formula is C27H24NaO6S+. The average Bonchev–Trinajstić information content (AvgIpc) is 3.31. The number of rotatable bonds is 8. The Labute approximate surface area is 230 Å². The van der Waals surface area contributed by atoms with E-state index in [9.17, 15) is 9.90 Å². The van der Waals surface area contributed by atoms with Gasteiger partial charge in [-0.15, -0.1) is 11.3 Å². The average molecular weight is 500 g/mol. The van der Waals surface area contributed by atoms with Crippen LogP contribution in [0.25, 0.3) is 26.6 Å². The van der Waals surface area contributed by atoms with Crippen molar-refractivity contribution in [3.63, 3.8) is 0 Å². The van der Waals surface area contributed by atoms with Crippen LogP contribution in [-0.4, -0.2) is 39.3 Å². The van der Waals surface area contributed by atoms with E-state index in [-0.39, 0.29) is 52.6 Å². The predicted octanol–water partition coefficient (Wildman–Crippen LogP) is 3.21. The Kier molecular flexibility index (Phi) is 8.86. The molecule has 3 aromatic carbocycles. The maximum absolute atomic E-state index is 12.9. The molecule has 0 saturated heterocycles. The molecule has 174 valence electrons. The van der Waals surface area contributed by atoms with Gasteiger partial charge in [0, 0.05) is 32.3 Å². The Morgan fingerprint density at radius 2 is 1.46 bits per heavy atom. The maximum atomic E-state index is 12.9. The molecule has 0 spiro atoms. The van der Waals surface area contributed by atoms with E-state index >= 15 is 0 Å². The number of aromatic hydroxyl groups is 1. The van der Waals surface area contributed by atoms with Gasteiger partial charge in [0.05, 0.1) is 28.4 Å². The van der Waals surface area contributed by atoms with Crippen LogP contribution in [0.2, 0.25) is 0 Å². The summed E-state index contributed by atoms with van der Waals surface area (Å²) in [5.74, 6) is 1.13. The molecule has 0 fully saturated rings. The third-order valence-corrected chi connectivity index (χ3v) is 6.57. The molecule has 4 rings (SSSR count). The Morgan fingerprint density at radius 1 is 0.829 bits per heavy atom. The molecule has 0 amide bonds. The molecule has 35 heavy (non-hydrogen) atoms. The largest absolute Gasteiger partial charge is 1.00 e. The van der Waals surface area contributed by atoms with Gasteiger partial charge in [-0.3, -0.25) is 4.79 Å². The van der Waals surface area contributed by atoms with Gasteiger partial charge in [-0.05, 0) is 47.9 Å². The third-order valence-electron chi connectivity index (χ3n) is 5.42. The van der Waals surface area contributed by atoms with Gasteiger partial charge in [-0.1, -0.05) is 18.2 Å². The molecule has 0 unspecified atom stereocenters. The number of phenolic OH excluding ortho intramolecular Hbond substituents is 1. The number of methoxy groups -OCH3 is 4. The summed E-state index contributed by atoms with van der Waals surface area (Å²) >= 11 is 1.67. The fourth-order valence-corrected chi connectivity index (χ4v) is 4.74. The van der Waals surface area contributed by atoms with Gasteiger partial charge < -0.3 is 24.1 Å². The smallest absolute Gasteiger partial charge is 0.502 e. The number of hydrogen-bond acceptors (Lipinski definition) is 7. The number of benzene rings is 3. The van der Waals surface area contributed by atoms with Crippen molar-refractivity contribution in [3.05, 3.63) is 71.8 Å². The van der Waals surface area contributed by atoms with Gasteiger partial charge in [0.25, 0.3) is 0 Å². The van der Waals surface area contributed by atoms with Gasteiger partial charge in [-0.2, -0.15) is 0 Å². The first-order valence-corrected chi connectivity index (χ1v) is 11.2. The standard InChI is InChI=1S/C27H24O6S.Na/c1-30-21-15-22(31-2)19(26-14-17-7-5-6-8-25(17)34-26)11-16(21)9-10-20(28)18-12-23(32-3)27(29)24(13-18)33-4;/h5-15,29H,1-4H3;/q;+1/b10-9+;. The number of carbonyl (C=O) groups is 1. The van der Waals surface area contributed by atoms with E-state index in [1.807, 2.05) is 24.3 Å². The molecule has 1 heterocycles. The Balaban J connectivity index is 0.00000342. The minimum Gasteiger partial charge on any atom is -0.502 e. The van der Waals surface area contributed by atoms with Crippen LogP contribution < -0.4 is 48.5 Å². The first kappa shape index (κ1) is 26.6. The quantitative estimate of drug-likeness (QED) is 0.228. The Morgan fingerprint density at radius 3 is 2.06 bits per heavy atom. The predicted molar refractivity (Wildman–Crippen MR) is 135 cm³/mol. The molecule has 0 aliphatic carbocycles. The van der Waals surface area contributed by atoms with Crippen LogP contribution in [0.1, 0.15) is 15.9 Å². The van der Waals surface area contributed by atoms with E-state index in [0.717, 1.165) is 21.4 Å². The first-order valence-electron chi connectivity index (χ1n) is 10.4. The van der Waals surface area contributed by atoms with Crippen molar-refractivity contribution in [3.8, 4) is 39.2 Å². The molecule has 0 aliphatic heterocycles. The van der Waals surface area contributed by atoms with Crippen molar-refractivity contribution < 1.29 is 58.4 Å². The van der Waals surface area contributed by atoms with Gasteiger partial charge in [0.2, 0.25) is 5.75 Å². The minimum atomic E-state index is -0.280. The molecule has 8 heteroatoms. The number of carbonyl (C=O) groups excluding carboxylic acids is 1. The Hall–Kier alpha value is -2.97. The number of allylic oxidation sites excluding steroid dienone is 1. The molecule has 1 N–H and O–H groups in total. The molecule has 0 saturated carbocycles. The maximum Gasteiger partial charge on any atom is 1.00 e. The number of phenols is 1. The van der Waals surface area contributed by atoms with Crippen LogP contribution in [0.15, 0.2) is 60.7 Å². The van der Waals surface area contributed by atoms with Gasteiger partial charge in [0.15, 0.2) is 17.3 Å². The van der Waals surface area contributed by atoms with E-state index in [4.69, 9.17) is 18.9 Å². The summed E-state index contributed by atoms with van der Waals surface area (Å²) in [4.78, 5) is 14.0. The first-order chi connectivity index (χ1) is 16.5. The van der Waals surface area contributed by atoms with Crippen LogP contribution in [0.5, 0.6) is 28.7 Å². The van der Waals surface area contributed by atoms with E-state index in [1.165, 1.54) is 37.1 Å². The summed E-state index contributed by atoms with van der Waals surface area (Å²) in [7, 11) is 6.02. The summed E-state index contributed by atoms with van der Waals surface area (Å²) in [6.07, 6.45) is 3.15. The van der Waals surface area contributed by atoms with Crippen molar-refractivity contribution in [2.24, 2.45) is 0 Å². The van der Waals surface area contributed by atoms with Crippen molar-refractivity contribution in [2.45, 2.75) is 0 Å². The SMILES string of the molecule is COc1cc(OC)c(-c2cc3ccccc3s2)cc1/C=C/C(=O)c1cc(OC)c(O)c(OC)c1.[Na+]. The minimum absolute atomic E-state index is 0. The molecule has 6 nitrogen and oxygen atoms in total. The van der Waals surface area contributed by atoms with Crippen molar-refractivity contribution in [1.82, 2.24) is 0 Å². The van der Waals surface area contributed by atoms with Crippen LogP contribution in [0.3, 0.4) is 0 Å². The number of ether oxygens (including phenoxy) is 4.